The molecule has 1 aromatic heterocycles. The van der Waals surface area contributed by atoms with E-state index >= 15 is 0 Å². The lowest BCUT2D eigenvalue weighted by Crippen LogP contribution is -2.60. The Kier molecular flexibility index (Phi) is 3.08. The van der Waals surface area contributed by atoms with Crippen molar-refractivity contribution in [2.24, 2.45) is 0 Å². The van der Waals surface area contributed by atoms with Crippen LogP contribution in [0.5, 0.6) is 0 Å². The molecule has 1 aliphatic rings. The molecule has 1 aromatic rings. The number of rotatable bonds is 2. The van der Waals surface area contributed by atoms with Crippen LogP contribution in [0.25, 0.3) is 0 Å². The lowest BCUT2D eigenvalue weighted by molar-refractivity contribution is 0.170. The number of piperidine rings is 1. The van der Waals surface area contributed by atoms with Crippen molar-refractivity contribution >= 4 is 5.82 Å². The highest BCUT2D eigenvalue weighted by Gasteiger charge is 2.37. The van der Waals surface area contributed by atoms with Gasteiger partial charge >= 0.3 is 0 Å². The van der Waals surface area contributed by atoms with Gasteiger partial charge in [-0.2, -0.15) is 0 Å². The van der Waals surface area contributed by atoms with Gasteiger partial charge in [0.2, 0.25) is 0 Å². The Labute approximate surface area is 103 Å². The fourth-order valence-corrected chi connectivity index (χ4v) is 3.01. The number of anilines is 1. The van der Waals surface area contributed by atoms with Crippen molar-refractivity contribution in [3.05, 3.63) is 18.6 Å². The van der Waals surface area contributed by atoms with Gasteiger partial charge in [-0.1, -0.05) is 0 Å². The molecule has 2 N–H and O–H groups in total. The van der Waals surface area contributed by atoms with Gasteiger partial charge < -0.3 is 10.6 Å². The van der Waals surface area contributed by atoms with Gasteiger partial charge in [0.1, 0.15) is 5.82 Å². The molecule has 4 nitrogen and oxygen atoms in total. The average molecular weight is 234 g/mol. The Hall–Kier alpha value is -1.16. The molecule has 0 spiro atoms. The first kappa shape index (κ1) is 12.3. The summed E-state index contributed by atoms with van der Waals surface area (Å²) in [6, 6.07) is 0.443. The second kappa shape index (κ2) is 4.26. The van der Waals surface area contributed by atoms with Gasteiger partial charge in [0.05, 0.1) is 6.20 Å². The molecule has 0 aliphatic carbocycles. The van der Waals surface area contributed by atoms with Crippen LogP contribution < -0.4 is 10.6 Å². The van der Waals surface area contributed by atoms with E-state index in [9.17, 15) is 0 Å². The zero-order chi connectivity index (χ0) is 12.5. The normalized spacial score (nSPS) is 23.3. The molecular weight excluding hydrogens is 212 g/mol. The third-order valence-electron chi connectivity index (χ3n) is 3.11. The van der Waals surface area contributed by atoms with Crippen molar-refractivity contribution in [2.45, 2.75) is 57.7 Å². The van der Waals surface area contributed by atoms with Gasteiger partial charge in [0.25, 0.3) is 0 Å². The third kappa shape index (κ3) is 3.40. The van der Waals surface area contributed by atoms with Crippen LogP contribution in [0, 0.1) is 0 Å². The number of hydrogen-bond acceptors (Lipinski definition) is 4. The topological polar surface area (TPSA) is 49.8 Å². The second-order valence-corrected chi connectivity index (χ2v) is 6.23. The molecule has 0 bridgehead atoms. The first-order valence-electron chi connectivity index (χ1n) is 6.18. The number of nitrogens with zero attached hydrogens (tertiary/aromatic N) is 2. The summed E-state index contributed by atoms with van der Waals surface area (Å²) in [7, 11) is 0. The zero-order valence-electron chi connectivity index (χ0n) is 11.1. The molecule has 0 atom stereocenters. The van der Waals surface area contributed by atoms with Gasteiger partial charge in [-0.05, 0) is 40.5 Å². The van der Waals surface area contributed by atoms with Crippen LogP contribution in [0.2, 0.25) is 0 Å². The molecule has 1 fully saturated rings. The van der Waals surface area contributed by atoms with Crippen LogP contribution >= 0.6 is 0 Å². The quantitative estimate of drug-likeness (QED) is 0.823. The summed E-state index contributed by atoms with van der Waals surface area (Å²) in [6.07, 6.45) is 7.38. The fourth-order valence-electron chi connectivity index (χ4n) is 3.01. The van der Waals surface area contributed by atoms with E-state index in [0.717, 1.165) is 18.7 Å². The van der Waals surface area contributed by atoms with Crippen molar-refractivity contribution < 1.29 is 0 Å². The summed E-state index contributed by atoms with van der Waals surface area (Å²) in [5, 5.41) is 7.15. The number of hydrogen-bond donors (Lipinski definition) is 2. The SMILES string of the molecule is CC1(C)CC(Nc2cnccn2)CC(C)(C)N1. The maximum absolute atomic E-state index is 4.27. The Bertz CT molecular complexity index is 356. The highest BCUT2D eigenvalue weighted by molar-refractivity contribution is 5.32. The smallest absolute Gasteiger partial charge is 0.144 e. The molecule has 0 amide bonds. The highest BCUT2D eigenvalue weighted by atomic mass is 15.1. The minimum absolute atomic E-state index is 0.154. The molecule has 17 heavy (non-hydrogen) atoms. The Morgan fingerprint density at radius 2 is 1.82 bits per heavy atom. The van der Waals surface area contributed by atoms with Gasteiger partial charge in [-0.25, -0.2) is 4.98 Å². The van der Waals surface area contributed by atoms with E-state index in [1.807, 2.05) is 0 Å². The molecule has 1 saturated heterocycles. The fraction of sp³-hybridized carbons (Fsp3) is 0.692. The highest BCUT2D eigenvalue weighted by Crippen LogP contribution is 2.29. The minimum Gasteiger partial charge on any atom is -0.366 e. The first-order chi connectivity index (χ1) is 7.86. The predicted molar refractivity (Wildman–Crippen MR) is 70.0 cm³/mol. The molecule has 0 aromatic carbocycles. The van der Waals surface area contributed by atoms with Crippen LogP contribution in [0.4, 0.5) is 5.82 Å². The van der Waals surface area contributed by atoms with Crippen LogP contribution in [0.3, 0.4) is 0 Å². The van der Waals surface area contributed by atoms with Gasteiger partial charge in [0, 0.05) is 29.5 Å². The summed E-state index contributed by atoms with van der Waals surface area (Å²) in [5.41, 5.74) is 0.309. The molecule has 2 rings (SSSR count). The largest absolute Gasteiger partial charge is 0.366 e. The maximum atomic E-state index is 4.27. The van der Waals surface area contributed by atoms with Gasteiger partial charge in [-0.3, -0.25) is 4.98 Å². The number of nitrogens with one attached hydrogen (secondary N) is 2. The van der Waals surface area contributed by atoms with Gasteiger partial charge in [0.15, 0.2) is 0 Å². The second-order valence-electron chi connectivity index (χ2n) is 6.23. The Balaban J connectivity index is 2.06. The molecule has 0 unspecified atom stereocenters. The third-order valence-corrected chi connectivity index (χ3v) is 3.11. The molecule has 2 heterocycles. The van der Waals surface area contributed by atoms with Gasteiger partial charge in [-0.15, -0.1) is 0 Å². The summed E-state index contributed by atoms with van der Waals surface area (Å²) in [5.74, 6) is 0.867. The molecule has 4 heteroatoms. The molecule has 1 aliphatic heterocycles. The van der Waals surface area contributed by atoms with Crippen molar-refractivity contribution in [2.75, 3.05) is 5.32 Å². The lowest BCUT2D eigenvalue weighted by atomic mass is 9.79. The first-order valence-corrected chi connectivity index (χ1v) is 6.18. The average Bonchev–Trinajstić information content (AvgIpc) is 2.13. The van der Waals surface area contributed by atoms with E-state index in [1.54, 1.807) is 18.6 Å². The van der Waals surface area contributed by atoms with E-state index in [0.29, 0.717) is 6.04 Å². The molecule has 0 radical (unpaired) electrons. The zero-order valence-corrected chi connectivity index (χ0v) is 11.1. The minimum atomic E-state index is 0.154. The van der Waals surface area contributed by atoms with Crippen LogP contribution in [-0.2, 0) is 0 Å². The summed E-state index contributed by atoms with van der Waals surface area (Å²) < 4.78 is 0. The Morgan fingerprint density at radius 1 is 1.18 bits per heavy atom. The van der Waals surface area contributed by atoms with Crippen LogP contribution in [0.15, 0.2) is 18.6 Å². The lowest BCUT2D eigenvalue weighted by Gasteiger charge is -2.46. The number of aromatic nitrogens is 2. The van der Waals surface area contributed by atoms with E-state index in [4.69, 9.17) is 0 Å². The standard InChI is InChI=1S/C13H22N4/c1-12(2)7-10(8-13(3,4)17-12)16-11-9-14-5-6-15-11/h5-6,9-10,17H,7-8H2,1-4H3,(H,15,16). The monoisotopic (exact) mass is 234 g/mol. The van der Waals surface area contributed by atoms with Crippen molar-refractivity contribution in [3.63, 3.8) is 0 Å². The van der Waals surface area contributed by atoms with E-state index in [-0.39, 0.29) is 11.1 Å². The molecule has 0 saturated carbocycles. The van der Waals surface area contributed by atoms with E-state index in [2.05, 4.69) is 48.3 Å². The van der Waals surface area contributed by atoms with Crippen molar-refractivity contribution in [3.8, 4) is 0 Å². The predicted octanol–water partition coefficient (Wildman–Crippen LogP) is 2.20. The Morgan fingerprint density at radius 3 is 2.35 bits per heavy atom. The van der Waals surface area contributed by atoms with Crippen molar-refractivity contribution in [1.82, 2.24) is 15.3 Å². The summed E-state index contributed by atoms with van der Waals surface area (Å²) >= 11 is 0. The van der Waals surface area contributed by atoms with Crippen LogP contribution in [-0.4, -0.2) is 27.1 Å². The van der Waals surface area contributed by atoms with Crippen molar-refractivity contribution in [1.29, 1.82) is 0 Å². The molecular formula is C13H22N4. The maximum Gasteiger partial charge on any atom is 0.144 e. The van der Waals surface area contributed by atoms with E-state index in [1.165, 1.54) is 0 Å². The summed E-state index contributed by atoms with van der Waals surface area (Å²) in [6.45, 7) is 9.00. The molecule has 94 valence electrons. The van der Waals surface area contributed by atoms with Crippen LogP contribution in [0.1, 0.15) is 40.5 Å². The van der Waals surface area contributed by atoms with E-state index < -0.39 is 0 Å². The summed E-state index contributed by atoms with van der Waals surface area (Å²) in [4.78, 5) is 8.36.